The summed E-state index contributed by atoms with van der Waals surface area (Å²) in [5.74, 6) is 0.143. The van der Waals surface area contributed by atoms with E-state index in [-0.39, 0.29) is 16.2 Å². The highest BCUT2D eigenvalue weighted by atomic mass is 32.2. The van der Waals surface area contributed by atoms with Gasteiger partial charge in [0.2, 0.25) is 0 Å². The van der Waals surface area contributed by atoms with E-state index in [1.54, 1.807) is 12.1 Å². The van der Waals surface area contributed by atoms with Gasteiger partial charge in [-0.3, -0.25) is 0 Å². The van der Waals surface area contributed by atoms with Gasteiger partial charge in [-0.1, -0.05) is 6.07 Å². The first-order valence-electron chi connectivity index (χ1n) is 6.36. The minimum atomic E-state index is -4.01. The zero-order valence-electron chi connectivity index (χ0n) is 11.6. The average Bonchev–Trinajstić information content (AvgIpc) is 3.10. The van der Waals surface area contributed by atoms with Crippen LogP contribution in [0.15, 0.2) is 59.8 Å². The van der Waals surface area contributed by atoms with Crippen molar-refractivity contribution in [1.82, 2.24) is 20.2 Å². The number of hydrogen-bond donors (Lipinski definition) is 0. The first kappa shape index (κ1) is 14.7. The van der Waals surface area contributed by atoms with E-state index in [4.69, 9.17) is 9.44 Å². The molecule has 3 aromatic rings. The Kier molecular flexibility index (Phi) is 3.74. The molecule has 0 bridgehead atoms. The monoisotopic (exact) mass is 327 g/mol. The van der Waals surface area contributed by atoms with Crippen LogP contribution in [0.2, 0.25) is 0 Å². The van der Waals surface area contributed by atoms with Crippen molar-refractivity contribution in [2.45, 2.75) is 4.90 Å². The Bertz CT molecular complexity index is 960. The maximum atomic E-state index is 12.2. The number of hydrogen-bond acceptors (Lipinski definition) is 7. The van der Waals surface area contributed by atoms with Gasteiger partial charge >= 0.3 is 10.1 Å². The molecule has 0 aliphatic rings. The Morgan fingerprint density at radius 2 is 1.91 bits per heavy atom. The zero-order chi connectivity index (χ0) is 16.3. The highest BCUT2D eigenvalue weighted by Crippen LogP contribution is 2.20. The molecule has 9 heteroatoms. The maximum absolute atomic E-state index is 12.2. The molecule has 1 heterocycles. The van der Waals surface area contributed by atoms with Crippen LogP contribution in [0.4, 0.5) is 0 Å². The van der Waals surface area contributed by atoms with E-state index in [0.29, 0.717) is 5.69 Å². The van der Waals surface area contributed by atoms with Gasteiger partial charge in [-0.2, -0.15) is 13.7 Å². The number of benzene rings is 2. The first-order valence-corrected chi connectivity index (χ1v) is 7.77. The van der Waals surface area contributed by atoms with Crippen LogP contribution < -0.4 is 4.18 Å². The Morgan fingerprint density at radius 1 is 1.13 bits per heavy atom. The molecule has 114 valence electrons. The van der Waals surface area contributed by atoms with Gasteiger partial charge in [0.15, 0.2) is 0 Å². The van der Waals surface area contributed by atoms with Gasteiger partial charge in [0.25, 0.3) is 0 Å². The predicted octanol–water partition coefficient (Wildman–Crippen LogP) is 1.30. The Labute approximate surface area is 131 Å². The number of nitriles is 1. The van der Waals surface area contributed by atoms with Crippen molar-refractivity contribution in [3.05, 3.63) is 60.4 Å². The number of rotatable bonds is 4. The quantitative estimate of drug-likeness (QED) is 0.664. The fourth-order valence-corrected chi connectivity index (χ4v) is 2.81. The molecular formula is C14H9N5O3S. The molecule has 0 aliphatic carbocycles. The molecule has 2 aromatic carbocycles. The van der Waals surface area contributed by atoms with Crippen LogP contribution >= 0.6 is 0 Å². The molecule has 0 amide bonds. The second-order valence-electron chi connectivity index (χ2n) is 4.43. The third-order valence-electron chi connectivity index (χ3n) is 2.91. The number of aromatic nitrogens is 4. The molecule has 0 fully saturated rings. The summed E-state index contributed by atoms with van der Waals surface area (Å²) < 4.78 is 30.9. The molecule has 3 rings (SSSR count). The lowest BCUT2D eigenvalue weighted by molar-refractivity contribution is 0.486. The van der Waals surface area contributed by atoms with E-state index in [9.17, 15) is 8.42 Å². The number of tetrazole rings is 1. The van der Waals surface area contributed by atoms with Gasteiger partial charge in [0, 0.05) is 0 Å². The van der Waals surface area contributed by atoms with Crippen LogP contribution in [0.25, 0.3) is 5.69 Å². The molecule has 0 spiro atoms. The van der Waals surface area contributed by atoms with Crippen LogP contribution in [0.3, 0.4) is 0 Å². The van der Waals surface area contributed by atoms with Crippen molar-refractivity contribution in [3.63, 3.8) is 0 Å². The standard InChI is InChI=1S/C14H9N5O3S/c15-9-11-2-1-3-14(8-11)23(20,21)22-13-6-4-12(5-7-13)19-10-16-17-18-19/h1-8,10H. The van der Waals surface area contributed by atoms with Crippen LogP contribution in [0.1, 0.15) is 5.56 Å². The topological polar surface area (TPSA) is 111 Å². The highest BCUT2D eigenvalue weighted by molar-refractivity contribution is 7.87. The molecule has 0 N–H and O–H groups in total. The molecule has 8 nitrogen and oxygen atoms in total. The smallest absolute Gasteiger partial charge is 0.339 e. The van der Waals surface area contributed by atoms with Gasteiger partial charge in [-0.05, 0) is 52.9 Å². The Balaban J connectivity index is 1.84. The molecule has 0 saturated heterocycles. The summed E-state index contributed by atoms with van der Waals surface area (Å²) >= 11 is 0. The molecule has 0 saturated carbocycles. The molecule has 23 heavy (non-hydrogen) atoms. The molecule has 0 atom stereocenters. The second-order valence-corrected chi connectivity index (χ2v) is 5.97. The van der Waals surface area contributed by atoms with Crippen molar-refractivity contribution in [2.75, 3.05) is 0 Å². The maximum Gasteiger partial charge on any atom is 0.339 e. The lowest BCUT2D eigenvalue weighted by atomic mass is 10.2. The van der Waals surface area contributed by atoms with Crippen molar-refractivity contribution in [2.24, 2.45) is 0 Å². The summed E-state index contributed by atoms with van der Waals surface area (Å²) in [5, 5.41) is 19.6. The lowest BCUT2D eigenvalue weighted by Crippen LogP contribution is -2.10. The largest absolute Gasteiger partial charge is 0.379 e. The third-order valence-corrected chi connectivity index (χ3v) is 4.15. The van der Waals surface area contributed by atoms with Gasteiger partial charge in [0.05, 0.1) is 17.3 Å². The predicted molar refractivity (Wildman–Crippen MR) is 78.1 cm³/mol. The van der Waals surface area contributed by atoms with Gasteiger partial charge in [-0.15, -0.1) is 5.10 Å². The summed E-state index contributed by atoms with van der Waals surface area (Å²) in [6.07, 6.45) is 1.42. The SMILES string of the molecule is N#Cc1cccc(S(=O)(=O)Oc2ccc(-n3cnnn3)cc2)c1. The van der Waals surface area contributed by atoms with Gasteiger partial charge in [-0.25, -0.2) is 4.68 Å². The second kappa shape index (κ2) is 5.86. The van der Waals surface area contributed by atoms with Crippen molar-refractivity contribution in [1.29, 1.82) is 5.26 Å². The summed E-state index contributed by atoms with van der Waals surface area (Å²) in [6, 6.07) is 13.7. The van der Waals surface area contributed by atoms with E-state index in [0.717, 1.165) is 0 Å². The molecule has 0 aliphatic heterocycles. The van der Waals surface area contributed by atoms with Crippen molar-refractivity contribution < 1.29 is 12.6 Å². The van der Waals surface area contributed by atoms with E-state index >= 15 is 0 Å². The van der Waals surface area contributed by atoms with E-state index in [2.05, 4.69) is 15.5 Å². The van der Waals surface area contributed by atoms with Crippen LogP contribution in [0, 0.1) is 11.3 Å². The first-order chi connectivity index (χ1) is 11.1. The fourth-order valence-electron chi connectivity index (χ4n) is 1.83. The molecule has 0 radical (unpaired) electrons. The summed E-state index contributed by atoms with van der Waals surface area (Å²) in [5.41, 5.74) is 0.898. The Morgan fingerprint density at radius 3 is 2.57 bits per heavy atom. The minimum Gasteiger partial charge on any atom is -0.379 e. The summed E-state index contributed by atoms with van der Waals surface area (Å²) in [7, 11) is -4.01. The van der Waals surface area contributed by atoms with Crippen LogP contribution in [-0.2, 0) is 10.1 Å². The summed E-state index contributed by atoms with van der Waals surface area (Å²) in [6.45, 7) is 0. The van der Waals surface area contributed by atoms with Gasteiger partial charge in [0.1, 0.15) is 17.0 Å². The molecular weight excluding hydrogens is 318 g/mol. The van der Waals surface area contributed by atoms with E-state index < -0.39 is 10.1 Å². The number of nitrogens with zero attached hydrogens (tertiary/aromatic N) is 5. The van der Waals surface area contributed by atoms with Crippen LogP contribution in [-0.4, -0.2) is 28.6 Å². The third kappa shape index (κ3) is 3.17. The fraction of sp³-hybridized carbons (Fsp3) is 0. The molecule has 1 aromatic heterocycles. The van der Waals surface area contributed by atoms with Crippen molar-refractivity contribution in [3.8, 4) is 17.5 Å². The Hall–Kier alpha value is -3.25. The lowest BCUT2D eigenvalue weighted by Gasteiger charge is -2.08. The molecule has 0 unspecified atom stereocenters. The van der Waals surface area contributed by atoms with E-state index in [1.165, 1.54) is 47.4 Å². The average molecular weight is 327 g/mol. The zero-order valence-corrected chi connectivity index (χ0v) is 12.4. The summed E-state index contributed by atoms with van der Waals surface area (Å²) in [4.78, 5) is -0.0823. The highest BCUT2D eigenvalue weighted by Gasteiger charge is 2.17. The van der Waals surface area contributed by atoms with Crippen molar-refractivity contribution >= 4 is 10.1 Å². The van der Waals surface area contributed by atoms with Crippen LogP contribution in [0.5, 0.6) is 5.75 Å². The normalized spacial score (nSPS) is 10.9. The van der Waals surface area contributed by atoms with Gasteiger partial charge < -0.3 is 4.18 Å². The minimum absolute atomic E-state index is 0.0823. The van der Waals surface area contributed by atoms with E-state index in [1.807, 2.05) is 6.07 Å².